The molecule has 0 aromatic heterocycles. The summed E-state index contributed by atoms with van der Waals surface area (Å²) in [6, 6.07) is 13.5. The molecule has 1 aliphatic heterocycles. The summed E-state index contributed by atoms with van der Waals surface area (Å²) in [4.78, 5) is 38.4. The smallest absolute Gasteiger partial charge is 0.294 e. The number of imide groups is 1. The SMILES string of the molecule is O=C(CN1C(=O)S/C(=C\c2cc(Br)ccc2OCc2ccc(F)cc2)C1=O)Nc1ccc(F)cc1F. The molecule has 1 heterocycles. The van der Waals surface area contributed by atoms with Crippen molar-refractivity contribution in [3.05, 3.63) is 98.6 Å². The first kappa shape index (κ1) is 25.5. The Morgan fingerprint density at radius 1 is 1.00 bits per heavy atom. The zero-order chi connectivity index (χ0) is 25.8. The summed E-state index contributed by atoms with van der Waals surface area (Å²) in [6.45, 7) is -0.504. The van der Waals surface area contributed by atoms with Gasteiger partial charge in [0.15, 0.2) is 0 Å². The maximum Gasteiger partial charge on any atom is 0.294 e. The van der Waals surface area contributed by atoms with Gasteiger partial charge in [-0.25, -0.2) is 13.2 Å². The highest BCUT2D eigenvalue weighted by Gasteiger charge is 2.36. The lowest BCUT2D eigenvalue weighted by Gasteiger charge is -2.13. The normalized spacial score (nSPS) is 14.4. The largest absolute Gasteiger partial charge is 0.488 e. The standard InChI is InChI=1S/C25H16BrF3N2O4S/c26-16-3-8-21(35-13-14-1-4-17(27)5-2-14)15(9-16)10-22-24(33)31(25(34)36-22)12-23(32)30-20-7-6-18(28)11-19(20)29/h1-11H,12-13H2,(H,30,32)/b22-10-. The van der Waals surface area contributed by atoms with Crippen molar-refractivity contribution in [1.29, 1.82) is 0 Å². The summed E-state index contributed by atoms with van der Waals surface area (Å²) in [7, 11) is 0. The van der Waals surface area contributed by atoms with Gasteiger partial charge in [-0.15, -0.1) is 0 Å². The molecule has 0 radical (unpaired) electrons. The number of nitrogens with zero attached hydrogens (tertiary/aromatic N) is 1. The molecule has 1 saturated heterocycles. The van der Waals surface area contributed by atoms with Crippen LogP contribution in [0.1, 0.15) is 11.1 Å². The number of thioether (sulfide) groups is 1. The summed E-state index contributed by atoms with van der Waals surface area (Å²) in [6.07, 6.45) is 1.47. The summed E-state index contributed by atoms with van der Waals surface area (Å²) in [5.41, 5.74) is 0.949. The summed E-state index contributed by atoms with van der Waals surface area (Å²) in [5, 5.41) is 1.54. The molecule has 6 nitrogen and oxygen atoms in total. The average molecular weight is 577 g/mol. The molecule has 4 rings (SSSR count). The number of ether oxygens (including phenoxy) is 1. The van der Waals surface area contributed by atoms with E-state index in [0.717, 1.165) is 22.6 Å². The Balaban J connectivity index is 1.48. The minimum atomic E-state index is -0.986. The predicted octanol–water partition coefficient (Wildman–Crippen LogP) is 6.12. The van der Waals surface area contributed by atoms with Crippen LogP contribution in [0.5, 0.6) is 5.75 Å². The Bertz CT molecular complexity index is 1380. The maximum absolute atomic E-state index is 13.8. The van der Waals surface area contributed by atoms with Gasteiger partial charge in [0.05, 0.1) is 10.6 Å². The van der Waals surface area contributed by atoms with Gasteiger partial charge in [0, 0.05) is 16.1 Å². The van der Waals surface area contributed by atoms with Crippen LogP contribution in [0.15, 0.2) is 70.0 Å². The Labute approximate surface area is 216 Å². The van der Waals surface area contributed by atoms with Crippen molar-refractivity contribution in [3.63, 3.8) is 0 Å². The van der Waals surface area contributed by atoms with Crippen LogP contribution in [-0.2, 0) is 16.2 Å². The molecular weight excluding hydrogens is 561 g/mol. The summed E-state index contributed by atoms with van der Waals surface area (Å²) < 4.78 is 46.5. The fourth-order valence-electron chi connectivity index (χ4n) is 3.21. The van der Waals surface area contributed by atoms with Gasteiger partial charge < -0.3 is 10.1 Å². The number of carbonyl (C=O) groups excluding carboxylic acids is 3. The van der Waals surface area contributed by atoms with Crippen LogP contribution in [0.4, 0.5) is 23.7 Å². The highest BCUT2D eigenvalue weighted by molar-refractivity contribution is 9.10. The minimum absolute atomic E-state index is 0.0606. The lowest BCUT2D eigenvalue weighted by molar-refractivity contribution is -0.127. The van der Waals surface area contributed by atoms with Gasteiger partial charge in [-0.05, 0) is 65.9 Å². The minimum Gasteiger partial charge on any atom is -0.488 e. The van der Waals surface area contributed by atoms with E-state index in [1.54, 1.807) is 30.3 Å². The number of carbonyl (C=O) groups is 3. The lowest BCUT2D eigenvalue weighted by atomic mass is 10.1. The zero-order valence-electron chi connectivity index (χ0n) is 18.3. The molecule has 3 aromatic rings. The second kappa shape index (κ2) is 11.0. The number of hydrogen-bond donors (Lipinski definition) is 1. The second-order valence-electron chi connectivity index (χ2n) is 7.54. The van der Waals surface area contributed by atoms with E-state index >= 15 is 0 Å². The molecule has 0 bridgehead atoms. The molecule has 36 heavy (non-hydrogen) atoms. The number of anilines is 1. The zero-order valence-corrected chi connectivity index (χ0v) is 20.7. The van der Waals surface area contributed by atoms with E-state index in [-0.39, 0.29) is 23.0 Å². The molecular formula is C25H16BrF3N2O4S. The first-order valence-electron chi connectivity index (χ1n) is 10.4. The highest BCUT2D eigenvalue weighted by Crippen LogP contribution is 2.35. The van der Waals surface area contributed by atoms with Gasteiger partial charge in [-0.3, -0.25) is 19.3 Å². The highest BCUT2D eigenvalue weighted by atomic mass is 79.9. The molecule has 184 valence electrons. The number of benzene rings is 3. The van der Waals surface area contributed by atoms with Gasteiger partial charge >= 0.3 is 0 Å². The van der Waals surface area contributed by atoms with Crippen LogP contribution in [0.25, 0.3) is 6.08 Å². The maximum atomic E-state index is 13.8. The Kier molecular flexibility index (Phi) is 7.80. The van der Waals surface area contributed by atoms with Gasteiger partial charge in [0.1, 0.15) is 36.4 Å². The third-order valence-electron chi connectivity index (χ3n) is 4.95. The average Bonchev–Trinajstić information content (AvgIpc) is 3.09. The van der Waals surface area contributed by atoms with Crippen molar-refractivity contribution in [2.24, 2.45) is 0 Å². The molecule has 1 aliphatic rings. The first-order chi connectivity index (χ1) is 17.2. The lowest BCUT2D eigenvalue weighted by Crippen LogP contribution is -2.36. The molecule has 3 aromatic carbocycles. The van der Waals surface area contributed by atoms with E-state index in [4.69, 9.17) is 4.74 Å². The van der Waals surface area contributed by atoms with Crippen molar-refractivity contribution in [1.82, 2.24) is 4.90 Å². The van der Waals surface area contributed by atoms with E-state index in [1.807, 2.05) is 0 Å². The van der Waals surface area contributed by atoms with Crippen molar-refractivity contribution >= 4 is 56.5 Å². The third kappa shape index (κ3) is 6.16. The number of nitrogens with one attached hydrogen (secondary N) is 1. The number of amides is 3. The quantitative estimate of drug-likeness (QED) is 0.343. The molecule has 0 saturated carbocycles. The molecule has 1 N–H and O–H groups in total. The van der Waals surface area contributed by atoms with E-state index in [1.165, 1.54) is 18.2 Å². The number of rotatable bonds is 7. The molecule has 0 unspecified atom stereocenters. The van der Waals surface area contributed by atoms with Crippen molar-refractivity contribution in [2.75, 3.05) is 11.9 Å². The fraction of sp³-hybridized carbons (Fsp3) is 0.0800. The third-order valence-corrected chi connectivity index (χ3v) is 6.35. The summed E-state index contributed by atoms with van der Waals surface area (Å²) in [5.74, 6) is -3.27. The Morgan fingerprint density at radius 2 is 1.72 bits per heavy atom. The molecule has 0 aliphatic carbocycles. The molecule has 3 amide bonds. The Morgan fingerprint density at radius 3 is 2.44 bits per heavy atom. The van der Waals surface area contributed by atoms with Gasteiger partial charge in [-0.1, -0.05) is 28.1 Å². The van der Waals surface area contributed by atoms with Crippen molar-refractivity contribution < 1.29 is 32.3 Å². The van der Waals surface area contributed by atoms with E-state index in [9.17, 15) is 27.6 Å². The summed E-state index contributed by atoms with van der Waals surface area (Å²) >= 11 is 4.00. The van der Waals surface area contributed by atoms with Crippen LogP contribution in [-0.4, -0.2) is 28.5 Å². The topological polar surface area (TPSA) is 75.7 Å². The van der Waals surface area contributed by atoms with E-state index in [2.05, 4.69) is 21.2 Å². The van der Waals surface area contributed by atoms with Crippen LogP contribution >= 0.6 is 27.7 Å². The molecule has 0 atom stereocenters. The second-order valence-corrected chi connectivity index (χ2v) is 9.45. The first-order valence-corrected chi connectivity index (χ1v) is 12.0. The molecule has 1 fully saturated rings. The van der Waals surface area contributed by atoms with Crippen LogP contribution in [0, 0.1) is 17.5 Å². The van der Waals surface area contributed by atoms with Crippen LogP contribution < -0.4 is 10.1 Å². The fourth-order valence-corrected chi connectivity index (χ4v) is 4.41. The van der Waals surface area contributed by atoms with Crippen molar-refractivity contribution in [3.8, 4) is 5.75 Å². The van der Waals surface area contributed by atoms with Crippen LogP contribution in [0.2, 0.25) is 0 Å². The van der Waals surface area contributed by atoms with Gasteiger partial charge in [0.2, 0.25) is 5.91 Å². The number of hydrogen-bond acceptors (Lipinski definition) is 5. The van der Waals surface area contributed by atoms with Gasteiger partial charge in [-0.2, -0.15) is 0 Å². The molecule has 0 spiro atoms. The Hall–Kier alpha value is -3.57. The predicted molar refractivity (Wildman–Crippen MR) is 133 cm³/mol. The van der Waals surface area contributed by atoms with E-state index < -0.39 is 35.2 Å². The number of halogens is 4. The molecule has 11 heteroatoms. The van der Waals surface area contributed by atoms with Crippen molar-refractivity contribution in [2.45, 2.75) is 6.61 Å². The van der Waals surface area contributed by atoms with Gasteiger partial charge in [0.25, 0.3) is 11.1 Å². The van der Waals surface area contributed by atoms with Crippen LogP contribution in [0.3, 0.4) is 0 Å². The van der Waals surface area contributed by atoms with E-state index in [0.29, 0.717) is 33.6 Å². The monoisotopic (exact) mass is 576 g/mol.